The highest BCUT2D eigenvalue weighted by molar-refractivity contribution is 5.70. The summed E-state index contributed by atoms with van der Waals surface area (Å²) in [6, 6.07) is 0. The van der Waals surface area contributed by atoms with Gasteiger partial charge in [-0.05, 0) is 6.42 Å². The predicted octanol–water partition coefficient (Wildman–Crippen LogP) is 1.14. The van der Waals surface area contributed by atoms with Gasteiger partial charge < -0.3 is 5.11 Å². The van der Waals surface area contributed by atoms with Crippen molar-refractivity contribution < 1.29 is 5.11 Å². The fourth-order valence-corrected chi connectivity index (χ4v) is 0.320. The van der Waals surface area contributed by atoms with E-state index in [9.17, 15) is 0 Å². The van der Waals surface area contributed by atoms with Crippen LogP contribution >= 0.6 is 0 Å². The third-order valence-electron chi connectivity index (χ3n) is 0.679. The molecule has 0 unspecified atom stereocenters. The largest absolute Gasteiger partial charge is 0.396 e. The Labute approximate surface area is 55.2 Å². The average molecular weight is 125 g/mol. The van der Waals surface area contributed by atoms with Crippen LogP contribution in [0.3, 0.4) is 0 Å². The minimum atomic E-state index is 0.181. The first-order chi connectivity index (χ1) is 4.41. The van der Waals surface area contributed by atoms with Crippen molar-refractivity contribution in [3.8, 4) is 0 Å². The lowest BCUT2D eigenvalue weighted by Gasteiger charge is -1.78. The van der Waals surface area contributed by atoms with Crippen molar-refractivity contribution in [2.24, 2.45) is 4.99 Å². The van der Waals surface area contributed by atoms with Gasteiger partial charge in [0.2, 0.25) is 0 Å². The van der Waals surface area contributed by atoms with E-state index in [4.69, 9.17) is 5.11 Å². The van der Waals surface area contributed by atoms with Crippen molar-refractivity contribution in [2.45, 2.75) is 6.42 Å². The number of rotatable bonds is 4. The maximum atomic E-state index is 8.30. The van der Waals surface area contributed by atoms with Gasteiger partial charge in [-0.25, -0.2) is 0 Å². The van der Waals surface area contributed by atoms with Crippen molar-refractivity contribution in [3.63, 3.8) is 0 Å². The van der Waals surface area contributed by atoms with Gasteiger partial charge in [-0.3, -0.25) is 4.99 Å². The van der Waals surface area contributed by atoms with Gasteiger partial charge in [-0.2, -0.15) is 0 Å². The smallest absolute Gasteiger partial charge is 0.0466 e. The second-order valence-corrected chi connectivity index (χ2v) is 1.43. The predicted molar refractivity (Wildman–Crippen MR) is 39.5 cm³/mol. The molecule has 0 aromatic carbocycles. The van der Waals surface area contributed by atoms with Crippen molar-refractivity contribution in [1.82, 2.24) is 0 Å². The number of aliphatic imine (C=N–C) groups is 1. The van der Waals surface area contributed by atoms with E-state index in [-0.39, 0.29) is 6.61 Å². The van der Waals surface area contributed by atoms with E-state index in [0.717, 1.165) is 0 Å². The Morgan fingerprint density at radius 1 is 1.56 bits per heavy atom. The summed E-state index contributed by atoms with van der Waals surface area (Å²) >= 11 is 0. The molecule has 0 rings (SSSR count). The SMILES string of the molecule is C=CC=N/C=C\CCO. The Kier molecular flexibility index (Phi) is 6.41. The second-order valence-electron chi connectivity index (χ2n) is 1.43. The van der Waals surface area contributed by atoms with Gasteiger partial charge in [-0.15, -0.1) is 0 Å². The zero-order valence-corrected chi connectivity index (χ0v) is 5.33. The Bertz CT molecular complexity index is 116. The molecule has 0 heterocycles. The molecule has 0 aliphatic carbocycles. The van der Waals surface area contributed by atoms with Gasteiger partial charge in [0.1, 0.15) is 0 Å². The lowest BCUT2D eigenvalue weighted by molar-refractivity contribution is 0.302. The summed E-state index contributed by atoms with van der Waals surface area (Å²) in [5.41, 5.74) is 0. The van der Waals surface area contributed by atoms with Crippen LogP contribution in [-0.4, -0.2) is 17.9 Å². The minimum Gasteiger partial charge on any atom is -0.396 e. The molecule has 0 fully saturated rings. The molecule has 2 heteroatoms. The lowest BCUT2D eigenvalue weighted by atomic mass is 10.4. The van der Waals surface area contributed by atoms with Crippen LogP contribution < -0.4 is 0 Å². The molecule has 0 spiro atoms. The van der Waals surface area contributed by atoms with Crippen LogP contribution in [0.4, 0.5) is 0 Å². The summed E-state index contributed by atoms with van der Waals surface area (Å²) in [5, 5.41) is 8.30. The molecule has 9 heavy (non-hydrogen) atoms. The molecule has 0 bridgehead atoms. The van der Waals surface area contributed by atoms with Crippen molar-refractivity contribution in [2.75, 3.05) is 6.61 Å². The van der Waals surface area contributed by atoms with Crippen LogP contribution in [0, 0.1) is 0 Å². The highest BCUT2D eigenvalue weighted by atomic mass is 16.2. The highest BCUT2D eigenvalue weighted by Crippen LogP contribution is 1.79. The monoisotopic (exact) mass is 125 g/mol. The van der Waals surface area contributed by atoms with Crippen LogP contribution in [-0.2, 0) is 0 Å². The lowest BCUT2D eigenvalue weighted by Crippen LogP contribution is -1.73. The van der Waals surface area contributed by atoms with Gasteiger partial charge in [0, 0.05) is 19.0 Å². The van der Waals surface area contributed by atoms with E-state index in [1.165, 1.54) is 0 Å². The third kappa shape index (κ3) is 7.11. The van der Waals surface area contributed by atoms with Crippen molar-refractivity contribution in [1.29, 1.82) is 0 Å². The molecule has 0 aromatic rings. The molecule has 0 saturated carbocycles. The maximum absolute atomic E-state index is 8.30. The van der Waals surface area contributed by atoms with Crippen molar-refractivity contribution >= 4 is 6.21 Å². The van der Waals surface area contributed by atoms with Crippen molar-refractivity contribution in [3.05, 3.63) is 24.9 Å². The standard InChI is InChI=1S/C7H11NO/c1-2-5-8-6-3-4-7-9/h2-3,5-6,9H,1,4,7H2/b6-3-,8-5?. The maximum Gasteiger partial charge on any atom is 0.0466 e. The number of aliphatic hydroxyl groups excluding tert-OH is 1. The fourth-order valence-electron chi connectivity index (χ4n) is 0.320. The summed E-state index contributed by atoms with van der Waals surface area (Å²) in [4.78, 5) is 3.79. The Hall–Kier alpha value is -0.890. The van der Waals surface area contributed by atoms with E-state index < -0.39 is 0 Å². The number of hydrogen-bond donors (Lipinski definition) is 1. The minimum absolute atomic E-state index is 0.181. The summed E-state index contributed by atoms with van der Waals surface area (Å²) in [6.07, 6.45) is 7.28. The molecular weight excluding hydrogens is 114 g/mol. The number of hydrogen-bond acceptors (Lipinski definition) is 2. The topological polar surface area (TPSA) is 32.6 Å². The molecule has 0 aliphatic heterocycles. The van der Waals surface area contributed by atoms with Crippen LogP contribution in [0.1, 0.15) is 6.42 Å². The summed E-state index contributed by atoms with van der Waals surface area (Å²) in [6.45, 7) is 3.63. The molecule has 0 atom stereocenters. The first kappa shape index (κ1) is 8.11. The number of allylic oxidation sites excluding steroid dienone is 1. The van der Waals surface area contributed by atoms with Gasteiger partial charge >= 0.3 is 0 Å². The van der Waals surface area contributed by atoms with Crippen LogP contribution in [0.25, 0.3) is 0 Å². The van der Waals surface area contributed by atoms with E-state index in [1.807, 2.05) is 0 Å². The Balaban J connectivity index is 3.23. The molecule has 0 amide bonds. The van der Waals surface area contributed by atoms with E-state index in [0.29, 0.717) is 6.42 Å². The van der Waals surface area contributed by atoms with Gasteiger partial charge in [0.05, 0.1) is 0 Å². The molecule has 0 aromatic heterocycles. The number of aliphatic hydroxyl groups is 1. The first-order valence-corrected chi connectivity index (χ1v) is 2.82. The molecule has 2 nitrogen and oxygen atoms in total. The van der Waals surface area contributed by atoms with Gasteiger partial charge in [0.15, 0.2) is 0 Å². The Morgan fingerprint density at radius 3 is 2.89 bits per heavy atom. The number of nitrogens with zero attached hydrogens (tertiary/aromatic N) is 1. The highest BCUT2D eigenvalue weighted by Gasteiger charge is 1.68. The van der Waals surface area contributed by atoms with E-state index >= 15 is 0 Å². The van der Waals surface area contributed by atoms with E-state index in [2.05, 4.69) is 11.6 Å². The van der Waals surface area contributed by atoms with Gasteiger partial charge in [0.25, 0.3) is 0 Å². The van der Waals surface area contributed by atoms with Crippen LogP contribution in [0.15, 0.2) is 29.9 Å². The fraction of sp³-hybridized carbons (Fsp3) is 0.286. The second kappa shape index (κ2) is 7.11. The van der Waals surface area contributed by atoms with Crippen LogP contribution in [0.2, 0.25) is 0 Å². The molecule has 1 N–H and O–H groups in total. The molecule has 0 radical (unpaired) electrons. The third-order valence-corrected chi connectivity index (χ3v) is 0.679. The summed E-state index contributed by atoms with van der Waals surface area (Å²) in [7, 11) is 0. The normalized spacial score (nSPS) is 11.2. The first-order valence-electron chi connectivity index (χ1n) is 2.82. The van der Waals surface area contributed by atoms with Gasteiger partial charge in [-0.1, -0.05) is 18.7 Å². The van der Waals surface area contributed by atoms with Crippen LogP contribution in [0.5, 0.6) is 0 Å². The zero-order valence-electron chi connectivity index (χ0n) is 5.33. The molecular formula is C7H11NO. The molecule has 0 aliphatic rings. The average Bonchev–Trinajstić information content (AvgIpc) is 1.89. The van der Waals surface area contributed by atoms with E-state index in [1.54, 1.807) is 24.6 Å². The Morgan fingerprint density at radius 2 is 2.33 bits per heavy atom. The summed E-state index contributed by atoms with van der Waals surface area (Å²) < 4.78 is 0. The molecule has 0 saturated heterocycles. The quantitative estimate of drug-likeness (QED) is 0.561. The zero-order chi connectivity index (χ0) is 6.95. The molecule has 50 valence electrons. The summed E-state index contributed by atoms with van der Waals surface area (Å²) in [5.74, 6) is 0.